The van der Waals surface area contributed by atoms with E-state index in [1.54, 1.807) is 0 Å². The number of ketones is 1. The van der Waals surface area contributed by atoms with Crippen molar-refractivity contribution in [3.05, 3.63) is 29.8 Å². The lowest BCUT2D eigenvalue weighted by molar-refractivity contribution is -0.152. The summed E-state index contributed by atoms with van der Waals surface area (Å²) in [7, 11) is 0. The zero-order valence-electron chi connectivity index (χ0n) is 13.5. The molecule has 1 aromatic rings. The molecule has 3 heterocycles. The molecular formula is C20H20N2O2. The normalized spacial score (nSPS) is 51.7. The van der Waals surface area contributed by atoms with Gasteiger partial charge in [0, 0.05) is 18.2 Å². The van der Waals surface area contributed by atoms with Crippen LogP contribution in [-0.4, -0.2) is 34.7 Å². The van der Waals surface area contributed by atoms with Crippen LogP contribution in [-0.2, 0) is 15.0 Å². The van der Waals surface area contributed by atoms with Crippen LogP contribution in [0.5, 0.6) is 0 Å². The number of hydrogen-bond donors (Lipinski definition) is 1. The third-order valence-electron chi connectivity index (χ3n) is 8.70. The lowest BCUT2D eigenvalue weighted by atomic mass is 9.41. The molecule has 2 unspecified atom stereocenters. The number of carbonyl (C=O) groups is 2. The topological polar surface area (TPSA) is 49.4 Å². The molecule has 1 amide bonds. The highest BCUT2D eigenvalue weighted by atomic mass is 16.2. The van der Waals surface area contributed by atoms with E-state index < -0.39 is 5.92 Å². The lowest BCUT2D eigenvalue weighted by Gasteiger charge is -2.66. The van der Waals surface area contributed by atoms with Crippen molar-refractivity contribution in [3.8, 4) is 0 Å². The molecular weight excluding hydrogens is 300 g/mol. The Labute approximate surface area is 140 Å². The highest BCUT2D eigenvalue weighted by molar-refractivity contribution is 6.12. The average molecular weight is 320 g/mol. The first kappa shape index (κ1) is 12.5. The van der Waals surface area contributed by atoms with Crippen LogP contribution in [0.4, 0.5) is 5.69 Å². The average Bonchev–Trinajstić information content (AvgIpc) is 3.10. The summed E-state index contributed by atoms with van der Waals surface area (Å²) in [4.78, 5) is 28.9. The summed E-state index contributed by atoms with van der Waals surface area (Å²) < 4.78 is 0. The third kappa shape index (κ3) is 0.871. The first-order chi connectivity index (χ1) is 11.7. The molecule has 6 fully saturated rings. The SMILES string of the molecule is O=C1C2C[C@@]34CCCN5C(=O)[C@H]1[C@@]1(c6ccccc6NC21CC3)[C@@H]54. The molecule has 4 heteroatoms. The molecule has 4 bridgehead atoms. The van der Waals surface area contributed by atoms with Crippen LogP contribution in [0.25, 0.3) is 0 Å². The van der Waals surface area contributed by atoms with Crippen LogP contribution in [0.15, 0.2) is 24.3 Å². The van der Waals surface area contributed by atoms with E-state index >= 15 is 0 Å². The third-order valence-corrected chi connectivity index (χ3v) is 8.70. The highest BCUT2D eigenvalue weighted by Crippen LogP contribution is 2.79. The fourth-order valence-electron chi connectivity index (χ4n) is 8.34. The van der Waals surface area contributed by atoms with E-state index in [0.29, 0.717) is 0 Å². The van der Waals surface area contributed by atoms with Gasteiger partial charge < -0.3 is 10.2 Å². The number of anilines is 1. The van der Waals surface area contributed by atoms with Gasteiger partial charge in [0.2, 0.25) is 5.91 Å². The predicted molar refractivity (Wildman–Crippen MR) is 87.5 cm³/mol. The Bertz CT molecular complexity index is 865. The van der Waals surface area contributed by atoms with E-state index in [4.69, 9.17) is 0 Å². The van der Waals surface area contributed by atoms with Crippen molar-refractivity contribution in [3.63, 3.8) is 0 Å². The number of nitrogens with zero attached hydrogens (tertiary/aromatic N) is 1. The van der Waals surface area contributed by atoms with E-state index in [1.165, 1.54) is 24.1 Å². The number of amides is 1. The molecule has 0 radical (unpaired) electrons. The van der Waals surface area contributed by atoms with E-state index in [1.807, 2.05) is 0 Å². The standard InChI is InChI=1S/C20H20N2O2/c23-15-12-10-18-6-3-9-22-16(24)14(15)20(17(18)22)11-4-1-2-5-13(11)21-19(12,20)8-7-18/h1-2,4-5,12,14,17,21H,3,6-10H2/t12?,14-,17-,18+,19?,20-/m0/s1. The van der Waals surface area contributed by atoms with Gasteiger partial charge in [0.25, 0.3) is 0 Å². The fraction of sp³-hybridized carbons (Fsp3) is 0.600. The van der Waals surface area contributed by atoms with E-state index in [2.05, 4.69) is 34.5 Å². The molecule has 7 aliphatic rings. The maximum atomic E-state index is 13.4. The van der Waals surface area contributed by atoms with Gasteiger partial charge in [-0.25, -0.2) is 0 Å². The summed E-state index contributed by atoms with van der Waals surface area (Å²) in [5, 5.41) is 3.83. The van der Waals surface area contributed by atoms with E-state index in [9.17, 15) is 9.59 Å². The smallest absolute Gasteiger partial charge is 0.234 e. The molecule has 122 valence electrons. The van der Waals surface area contributed by atoms with Crippen LogP contribution in [0.2, 0.25) is 0 Å². The van der Waals surface area contributed by atoms with E-state index in [-0.39, 0.29) is 40.0 Å². The number of benzene rings is 1. The number of para-hydroxylation sites is 1. The molecule has 4 saturated carbocycles. The van der Waals surface area contributed by atoms with Gasteiger partial charge in [-0.2, -0.15) is 0 Å². The van der Waals surface area contributed by atoms with Crippen LogP contribution >= 0.6 is 0 Å². The summed E-state index contributed by atoms with van der Waals surface area (Å²) in [6.45, 7) is 0.847. The van der Waals surface area contributed by atoms with Gasteiger partial charge in [0.15, 0.2) is 5.78 Å². The van der Waals surface area contributed by atoms with Gasteiger partial charge in [0.05, 0.1) is 17.0 Å². The van der Waals surface area contributed by atoms with Crippen molar-refractivity contribution in [1.29, 1.82) is 0 Å². The largest absolute Gasteiger partial charge is 0.378 e. The Morgan fingerprint density at radius 3 is 2.92 bits per heavy atom. The molecule has 3 spiro atoms. The van der Waals surface area contributed by atoms with Crippen LogP contribution in [0.3, 0.4) is 0 Å². The quantitative estimate of drug-likeness (QED) is 0.745. The Morgan fingerprint density at radius 2 is 2.00 bits per heavy atom. The monoisotopic (exact) mass is 320 g/mol. The minimum absolute atomic E-state index is 0.0316. The molecule has 24 heavy (non-hydrogen) atoms. The van der Waals surface area contributed by atoms with Gasteiger partial charge >= 0.3 is 0 Å². The molecule has 2 saturated heterocycles. The van der Waals surface area contributed by atoms with E-state index in [0.717, 1.165) is 25.8 Å². The molecule has 1 aromatic carbocycles. The van der Waals surface area contributed by atoms with Crippen LogP contribution < -0.4 is 5.32 Å². The summed E-state index contributed by atoms with van der Waals surface area (Å²) in [6.07, 6.45) is 5.51. The minimum Gasteiger partial charge on any atom is -0.378 e. The number of Topliss-reactive ketones (excluding diaryl/α,β-unsaturated/α-hetero) is 1. The second kappa shape index (κ2) is 3.29. The first-order valence-corrected chi connectivity index (χ1v) is 9.38. The zero-order valence-corrected chi connectivity index (χ0v) is 13.5. The van der Waals surface area contributed by atoms with Gasteiger partial charge in [-0.15, -0.1) is 0 Å². The summed E-state index contributed by atoms with van der Waals surface area (Å²) in [6, 6.07) is 8.74. The lowest BCUT2D eigenvalue weighted by Crippen LogP contribution is -2.74. The second-order valence-corrected chi connectivity index (χ2v) is 9.00. The van der Waals surface area contributed by atoms with Crippen molar-refractivity contribution >= 4 is 17.4 Å². The maximum absolute atomic E-state index is 13.4. The van der Waals surface area contributed by atoms with Crippen molar-refractivity contribution in [2.24, 2.45) is 17.3 Å². The number of piperidine rings is 1. The molecule has 3 aliphatic heterocycles. The predicted octanol–water partition coefficient (Wildman–Crippen LogP) is 2.09. The van der Waals surface area contributed by atoms with Crippen molar-refractivity contribution in [2.45, 2.75) is 49.1 Å². The highest BCUT2D eigenvalue weighted by Gasteiger charge is 2.88. The van der Waals surface area contributed by atoms with Gasteiger partial charge in [-0.05, 0) is 49.1 Å². The maximum Gasteiger partial charge on any atom is 0.234 e. The summed E-state index contributed by atoms with van der Waals surface area (Å²) in [5.74, 6) is -0.00736. The molecule has 0 aromatic heterocycles. The van der Waals surface area contributed by atoms with Crippen LogP contribution in [0, 0.1) is 17.3 Å². The fourth-order valence-corrected chi connectivity index (χ4v) is 8.34. The van der Waals surface area contributed by atoms with Crippen molar-refractivity contribution in [2.75, 3.05) is 11.9 Å². The number of fused-ring (bicyclic) bond motifs is 2. The Balaban J connectivity index is 1.66. The number of rotatable bonds is 0. The molecule has 4 aliphatic carbocycles. The number of hydrogen-bond acceptors (Lipinski definition) is 3. The first-order valence-electron chi connectivity index (χ1n) is 9.38. The Morgan fingerprint density at radius 1 is 1.12 bits per heavy atom. The molecule has 8 rings (SSSR count). The second-order valence-electron chi connectivity index (χ2n) is 9.00. The zero-order chi connectivity index (χ0) is 15.9. The minimum atomic E-state index is -0.427. The summed E-state index contributed by atoms with van der Waals surface area (Å²) >= 11 is 0. The van der Waals surface area contributed by atoms with Gasteiger partial charge in [-0.1, -0.05) is 18.2 Å². The number of nitrogens with one attached hydrogen (secondary N) is 1. The van der Waals surface area contributed by atoms with Crippen molar-refractivity contribution < 1.29 is 9.59 Å². The Hall–Kier alpha value is -1.84. The van der Waals surface area contributed by atoms with Crippen LogP contribution in [0.1, 0.15) is 37.7 Å². The van der Waals surface area contributed by atoms with Gasteiger partial charge in [0.1, 0.15) is 5.92 Å². The molecule has 6 atom stereocenters. The molecule has 4 nitrogen and oxygen atoms in total. The Kier molecular flexibility index (Phi) is 1.71. The molecule has 1 N–H and O–H groups in total. The summed E-state index contributed by atoms with van der Waals surface area (Å²) in [5.41, 5.74) is 2.13. The van der Waals surface area contributed by atoms with Gasteiger partial charge in [-0.3, -0.25) is 9.59 Å². The number of carbonyl (C=O) groups excluding carboxylic acids is 2. The van der Waals surface area contributed by atoms with Crippen molar-refractivity contribution in [1.82, 2.24) is 4.90 Å².